The van der Waals surface area contributed by atoms with E-state index in [4.69, 9.17) is 0 Å². The van der Waals surface area contributed by atoms with Crippen LogP contribution in [0.15, 0.2) is 0 Å². The molecule has 0 saturated heterocycles. The van der Waals surface area contributed by atoms with Crippen molar-refractivity contribution >= 4 is 23.6 Å². The zero-order valence-electron chi connectivity index (χ0n) is 23.3. The zero-order valence-corrected chi connectivity index (χ0v) is 23.3. The fourth-order valence-electron chi connectivity index (χ4n) is 4.97. The van der Waals surface area contributed by atoms with Crippen molar-refractivity contribution in [3.63, 3.8) is 0 Å². The first-order valence-electron chi connectivity index (χ1n) is 15.1. The SMILES string of the molecule is CCCCCCCCCCC(=O)Nc1nc2c(c(NC(=O)CCCCCCCCCC)n1)CCCC2. The maximum atomic E-state index is 12.6. The van der Waals surface area contributed by atoms with Crippen molar-refractivity contribution in [1.82, 2.24) is 9.97 Å². The minimum absolute atomic E-state index is 0.0173. The summed E-state index contributed by atoms with van der Waals surface area (Å²) < 4.78 is 0. The maximum Gasteiger partial charge on any atom is 0.231 e. The van der Waals surface area contributed by atoms with Crippen LogP contribution in [0.5, 0.6) is 0 Å². The standard InChI is InChI=1S/C30H52N4O2/c1-3-5-7-9-11-13-15-17-23-27(35)32-29-25-21-19-20-22-26(25)31-30(34-29)33-28(36)24-18-16-14-12-10-8-6-4-2/h3-24H2,1-2H3,(H2,31,32,33,34,35,36). The first-order valence-corrected chi connectivity index (χ1v) is 15.1. The molecule has 204 valence electrons. The molecule has 0 atom stereocenters. The lowest BCUT2D eigenvalue weighted by Gasteiger charge is -2.19. The fraction of sp³-hybridized carbons (Fsp3) is 0.800. The van der Waals surface area contributed by atoms with Gasteiger partial charge in [-0.25, -0.2) is 4.98 Å². The van der Waals surface area contributed by atoms with Crippen LogP contribution < -0.4 is 10.6 Å². The molecule has 1 aromatic rings. The number of anilines is 2. The van der Waals surface area contributed by atoms with Crippen LogP contribution in [0.1, 0.15) is 154 Å². The van der Waals surface area contributed by atoms with Crippen LogP contribution in [0, 0.1) is 0 Å². The number of rotatable bonds is 20. The van der Waals surface area contributed by atoms with Crippen LogP contribution in [-0.4, -0.2) is 21.8 Å². The smallest absolute Gasteiger partial charge is 0.231 e. The van der Waals surface area contributed by atoms with Gasteiger partial charge < -0.3 is 5.32 Å². The number of nitrogens with one attached hydrogen (secondary N) is 2. The van der Waals surface area contributed by atoms with Crippen LogP contribution >= 0.6 is 0 Å². The average Bonchev–Trinajstić information content (AvgIpc) is 2.87. The van der Waals surface area contributed by atoms with Gasteiger partial charge in [0.05, 0.1) is 5.69 Å². The molecule has 2 N–H and O–H groups in total. The Bertz CT molecular complexity index is 766. The molecule has 0 unspecified atom stereocenters. The van der Waals surface area contributed by atoms with E-state index >= 15 is 0 Å². The third kappa shape index (κ3) is 12.8. The molecule has 2 rings (SSSR count). The summed E-state index contributed by atoms with van der Waals surface area (Å²) >= 11 is 0. The summed E-state index contributed by atoms with van der Waals surface area (Å²) in [5.41, 5.74) is 2.02. The Balaban J connectivity index is 1.76. The molecule has 0 aliphatic heterocycles. The Morgan fingerprint density at radius 3 is 1.64 bits per heavy atom. The third-order valence-electron chi connectivity index (χ3n) is 7.21. The van der Waals surface area contributed by atoms with Gasteiger partial charge >= 0.3 is 0 Å². The molecule has 0 bridgehead atoms. The Kier molecular flexibility index (Phi) is 16.1. The van der Waals surface area contributed by atoms with E-state index in [0.29, 0.717) is 24.6 Å². The fourth-order valence-corrected chi connectivity index (χ4v) is 4.97. The highest BCUT2D eigenvalue weighted by molar-refractivity contribution is 5.92. The van der Waals surface area contributed by atoms with Crippen LogP contribution in [0.2, 0.25) is 0 Å². The van der Waals surface area contributed by atoms with Crippen molar-refractivity contribution in [3.05, 3.63) is 11.3 Å². The molecule has 6 heteroatoms. The Morgan fingerprint density at radius 1 is 0.611 bits per heavy atom. The largest absolute Gasteiger partial charge is 0.310 e. The van der Waals surface area contributed by atoms with Crippen molar-refractivity contribution in [2.75, 3.05) is 10.6 Å². The first kappa shape index (κ1) is 30.2. The summed E-state index contributed by atoms with van der Waals surface area (Å²) in [7, 11) is 0. The Labute approximate surface area is 220 Å². The van der Waals surface area contributed by atoms with Gasteiger partial charge in [0.2, 0.25) is 17.8 Å². The van der Waals surface area contributed by atoms with E-state index in [-0.39, 0.29) is 11.8 Å². The number of aromatic nitrogens is 2. The second kappa shape index (κ2) is 19.2. The van der Waals surface area contributed by atoms with Crippen molar-refractivity contribution in [2.24, 2.45) is 0 Å². The van der Waals surface area contributed by atoms with Crippen molar-refractivity contribution in [1.29, 1.82) is 0 Å². The van der Waals surface area contributed by atoms with Gasteiger partial charge in [0.25, 0.3) is 0 Å². The van der Waals surface area contributed by atoms with Gasteiger partial charge in [-0.1, -0.05) is 104 Å². The molecule has 0 aromatic carbocycles. The summed E-state index contributed by atoms with van der Waals surface area (Å²) in [6.07, 6.45) is 24.3. The van der Waals surface area contributed by atoms with E-state index in [1.165, 1.54) is 77.0 Å². The molecular weight excluding hydrogens is 448 g/mol. The van der Waals surface area contributed by atoms with E-state index in [1.807, 2.05) is 0 Å². The summed E-state index contributed by atoms with van der Waals surface area (Å²) in [4.78, 5) is 34.3. The van der Waals surface area contributed by atoms with E-state index in [2.05, 4.69) is 34.4 Å². The summed E-state index contributed by atoms with van der Waals surface area (Å²) in [6.45, 7) is 4.47. The normalized spacial score (nSPS) is 12.8. The van der Waals surface area contributed by atoms with Crippen LogP contribution in [0.25, 0.3) is 0 Å². The highest BCUT2D eigenvalue weighted by Crippen LogP contribution is 2.27. The summed E-state index contributed by atoms with van der Waals surface area (Å²) in [5.74, 6) is 0.922. The second-order valence-electron chi connectivity index (χ2n) is 10.6. The van der Waals surface area contributed by atoms with Crippen LogP contribution in [0.4, 0.5) is 11.8 Å². The molecule has 0 saturated carbocycles. The van der Waals surface area contributed by atoms with Crippen molar-refractivity contribution in [2.45, 2.75) is 155 Å². The Morgan fingerprint density at radius 2 is 1.08 bits per heavy atom. The molecule has 1 aromatic heterocycles. The monoisotopic (exact) mass is 500 g/mol. The zero-order chi connectivity index (χ0) is 25.8. The number of aryl methyl sites for hydroxylation is 1. The number of nitrogens with zero attached hydrogens (tertiary/aromatic N) is 2. The lowest BCUT2D eigenvalue weighted by atomic mass is 9.96. The van der Waals surface area contributed by atoms with Crippen LogP contribution in [0.3, 0.4) is 0 Å². The summed E-state index contributed by atoms with van der Waals surface area (Å²) in [6, 6.07) is 0. The molecule has 6 nitrogen and oxygen atoms in total. The number of unbranched alkanes of at least 4 members (excludes halogenated alkanes) is 14. The number of carbonyl (C=O) groups excluding carboxylic acids is 2. The molecule has 2 amide bonds. The predicted octanol–water partition coefficient (Wildman–Crippen LogP) is 8.29. The van der Waals surface area contributed by atoms with Gasteiger partial charge in [0.1, 0.15) is 5.82 Å². The molecule has 36 heavy (non-hydrogen) atoms. The quantitative estimate of drug-likeness (QED) is 0.176. The van der Waals surface area contributed by atoms with Gasteiger partial charge in [-0.2, -0.15) is 4.98 Å². The lowest BCUT2D eigenvalue weighted by Crippen LogP contribution is -2.21. The molecule has 1 heterocycles. The van der Waals surface area contributed by atoms with Crippen molar-refractivity contribution < 1.29 is 9.59 Å². The molecule has 1 aliphatic carbocycles. The molecule has 0 fully saturated rings. The van der Waals surface area contributed by atoms with Gasteiger partial charge in [-0.15, -0.1) is 0 Å². The molecule has 1 aliphatic rings. The Hall–Kier alpha value is -1.98. The van der Waals surface area contributed by atoms with E-state index < -0.39 is 0 Å². The number of amides is 2. The van der Waals surface area contributed by atoms with Gasteiger partial charge in [-0.05, 0) is 38.5 Å². The van der Waals surface area contributed by atoms with E-state index in [0.717, 1.165) is 62.6 Å². The first-order chi connectivity index (χ1) is 17.6. The molecule has 0 spiro atoms. The number of carbonyl (C=O) groups is 2. The number of fused-ring (bicyclic) bond motifs is 1. The maximum absolute atomic E-state index is 12.6. The second-order valence-corrected chi connectivity index (χ2v) is 10.6. The van der Waals surface area contributed by atoms with Gasteiger partial charge in [-0.3, -0.25) is 14.9 Å². The predicted molar refractivity (Wildman–Crippen MR) is 150 cm³/mol. The minimum Gasteiger partial charge on any atom is -0.310 e. The number of hydrogen-bond acceptors (Lipinski definition) is 4. The highest BCUT2D eigenvalue weighted by Gasteiger charge is 2.20. The topological polar surface area (TPSA) is 84.0 Å². The third-order valence-corrected chi connectivity index (χ3v) is 7.21. The number of hydrogen-bond donors (Lipinski definition) is 2. The summed E-state index contributed by atoms with van der Waals surface area (Å²) in [5, 5.41) is 5.93. The molecule has 0 radical (unpaired) electrons. The van der Waals surface area contributed by atoms with Crippen LogP contribution in [-0.2, 0) is 22.4 Å². The molecular formula is C30H52N4O2. The lowest BCUT2D eigenvalue weighted by molar-refractivity contribution is -0.117. The minimum atomic E-state index is -0.0343. The average molecular weight is 501 g/mol. The van der Waals surface area contributed by atoms with Crippen molar-refractivity contribution in [3.8, 4) is 0 Å². The highest BCUT2D eigenvalue weighted by atomic mass is 16.2. The van der Waals surface area contributed by atoms with E-state index in [1.54, 1.807) is 0 Å². The van der Waals surface area contributed by atoms with Gasteiger partial charge in [0, 0.05) is 18.4 Å². The van der Waals surface area contributed by atoms with Gasteiger partial charge in [0.15, 0.2) is 0 Å². The van der Waals surface area contributed by atoms with E-state index in [9.17, 15) is 9.59 Å².